The molecule has 0 saturated heterocycles. The molecule has 1 aliphatic carbocycles. The minimum absolute atomic E-state index is 0.0131. The number of hydrogen-bond donors (Lipinski definition) is 2. The molecule has 186 valence electrons. The predicted octanol–water partition coefficient (Wildman–Crippen LogP) is 4.49. The third-order valence-corrected chi connectivity index (χ3v) is 6.65. The van der Waals surface area contributed by atoms with Gasteiger partial charge in [-0.15, -0.1) is 0 Å². The molecular weight excluding hydrogens is 457 g/mol. The topological polar surface area (TPSA) is 76.4 Å². The van der Waals surface area contributed by atoms with Gasteiger partial charge in [-0.25, -0.2) is 9.37 Å². The number of ether oxygens (including phenoxy) is 1. The molecule has 1 heterocycles. The quantitative estimate of drug-likeness (QED) is 0.365. The van der Waals surface area contributed by atoms with Crippen molar-refractivity contribution in [1.82, 2.24) is 14.9 Å². The second kappa shape index (κ2) is 11.0. The number of aryl methyl sites for hydroxylation is 1. The smallest absolute Gasteiger partial charge is 0.227 e. The summed E-state index contributed by atoms with van der Waals surface area (Å²) in [6.45, 7) is 0.774. The van der Waals surface area contributed by atoms with E-state index in [1.54, 1.807) is 12.1 Å². The number of para-hydroxylation sites is 2. The predicted molar refractivity (Wildman–Crippen MR) is 136 cm³/mol. The van der Waals surface area contributed by atoms with E-state index in [0.717, 1.165) is 35.9 Å². The molecule has 0 saturated carbocycles. The number of fused-ring (bicyclic) bond motifs is 2. The minimum atomic E-state index is -0.752. The van der Waals surface area contributed by atoms with E-state index in [1.807, 2.05) is 34.9 Å². The molecule has 0 fully saturated rings. The SMILES string of the molecule is O=C(Cc1nc2ccccc2n1C[C@@H](O)CO[C@@H]1CCCc2ccccc21)NCc1ccc(F)cc1. The van der Waals surface area contributed by atoms with Crippen LogP contribution in [-0.2, 0) is 35.5 Å². The summed E-state index contributed by atoms with van der Waals surface area (Å²) in [5.74, 6) is 0.0735. The van der Waals surface area contributed by atoms with Gasteiger partial charge >= 0.3 is 0 Å². The fourth-order valence-corrected chi connectivity index (χ4v) is 4.85. The largest absolute Gasteiger partial charge is 0.389 e. The number of benzene rings is 3. The first-order valence-corrected chi connectivity index (χ1v) is 12.4. The first kappa shape index (κ1) is 24.2. The molecule has 0 bridgehead atoms. The molecular formula is C29H30FN3O3. The monoisotopic (exact) mass is 487 g/mol. The Balaban J connectivity index is 1.24. The van der Waals surface area contributed by atoms with E-state index in [9.17, 15) is 14.3 Å². The van der Waals surface area contributed by atoms with Crippen LogP contribution in [0.15, 0.2) is 72.8 Å². The number of aliphatic hydroxyl groups is 1. The van der Waals surface area contributed by atoms with E-state index in [-0.39, 0.29) is 37.4 Å². The number of nitrogens with zero attached hydrogens (tertiary/aromatic N) is 2. The lowest BCUT2D eigenvalue weighted by Gasteiger charge is -2.26. The number of nitrogens with one attached hydrogen (secondary N) is 1. The van der Waals surface area contributed by atoms with Crippen LogP contribution in [0.5, 0.6) is 0 Å². The molecule has 4 aromatic rings. The van der Waals surface area contributed by atoms with Gasteiger partial charge < -0.3 is 19.7 Å². The molecule has 1 aliphatic rings. The van der Waals surface area contributed by atoms with E-state index >= 15 is 0 Å². The van der Waals surface area contributed by atoms with Crippen molar-refractivity contribution in [2.75, 3.05) is 6.61 Å². The van der Waals surface area contributed by atoms with Gasteiger partial charge in [0.05, 0.1) is 42.8 Å². The molecule has 0 aliphatic heterocycles. The second-order valence-electron chi connectivity index (χ2n) is 9.27. The maximum Gasteiger partial charge on any atom is 0.227 e. The van der Waals surface area contributed by atoms with Crippen LogP contribution in [0, 0.1) is 5.82 Å². The Kier molecular flexibility index (Phi) is 7.39. The molecule has 2 atom stereocenters. The standard InChI is InChI=1S/C29H30FN3O3/c30-22-14-12-20(13-15-22)17-31-29(35)16-28-32-25-9-3-4-10-26(25)33(28)18-23(34)19-36-27-11-5-7-21-6-1-2-8-24(21)27/h1-4,6,8-10,12-15,23,27,34H,5,7,11,16-19H2,(H,31,35)/t23-,27-/m1/s1. The summed E-state index contributed by atoms with van der Waals surface area (Å²) in [6, 6.07) is 22.0. The lowest BCUT2D eigenvalue weighted by molar-refractivity contribution is -0.120. The van der Waals surface area contributed by atoms with Gasteiger partial charge in [0.1, 0.15) is 11.6 Å². The number of halogens is 1. The van der Waals surface area contributed by atoms with E-state index in [4.69, 9.17) is 4.74 Å². The molecule has 2 N–H and O–H groups in total. The van der Waals surface area contributed by atoms with Gasteiger partial charge in [0.25, 0.3) is 0 Å². The molecule has 0 unspecified atom stereocenters. The number of imidazole rings is 1. The van der Waals surface area contributed by atoms with E-state index in [2.05, 4.69) is 28.5 Å². The molecule has 0 radical (unpaired) electrons. The maximum absolute atomic E-state index is 13.1. The van der Waals surface area contributed by atoms with E-state index in [0.29, 0.717) is 12.4 Å². The van der Waals surface area contributed by atoms with Crippen molar-refractivity contribution in [3.8, 4) is 0 Å². The number of amides is 1. The first-order chi connectivity index (χ1) is 17.6. The van der Waals surface area contributed by atoms with E-state index in [1.165, 1.54) is 23.3 Å². The highest BCUT2D eigenvalue weighted by Gasteiger charge is 2.22. The van der Waals surface area contributed by atoms with Gasteiger partial charge in [-0.3, -0.25) is 4.79 Å². The Bertz CT molecular complexity index is 1340. The van der Waals surface area contributed by atoms with Crippen molar-refractivity contribution in [3.63, 3.8) is 0 Å². The van der Waals surface area contributed by atoms with Crippen LogP contribution in [0.25, 0.3) is 11.0 Å². The third-order valence-electron chi connectivity index (χ3n) is 6.65. The number of aliphatic hydroxyl groups excluding tert-OH is 1. The van der Waals surface area contributed by atoms with Crippen molar-refractivity contribution >= 4 is 16.9 Å². The Morgan fingerprint density at radius 3 is 2.75 bits per heavy atom. The summed E-state index contributed by atoms with van der Waals surface area (Å²) in [4.78, 5) is 17.3. The van der Waals surface area contributed by atoms with Gasteiger partial charge in [-0.1, -0.05) is 48.5 Å². The van der Waals surface area contributed by atoms with Crippen LogP contribution in [0.3, 0.4) is 0 Å². The first-order valence-electron chi connectivity index (χ1n) is 12.4. The fraction of sp³-hybridized carbons (Fsp3) is 0.310. The third kappa shape index (κ3) is 5.64. The molecule has 1 amide bonds. The van der Waals surface area contributed by atoms with Gasteiger partial charge in [-0.2, -0.15) is 0 Å². The van der Waals surface area contributed by atoms with Crippen molar-refractivity contribution in [1.29, 1.82) is 0 Å². The molecule has 0 spiro atoms. The lowest BCUT2D eigenvalue weighted by atomic mass is 9.89. The summed E-state index contributed by atoms with van der Waals surface area (Å²) < 4.78 is 21.2. The molecule has 36 heavy (non-hydrogen) atoms. The molecule has 5 rings (SSSR count). The summed E-state index contributed by atoms with van der Waals surface area (Å²) in [7, 11) is 0. The van der Waals surface area contributed by atoms with Crippen LogP contribution in [0.1, 0.15) is 41.5 Å². The summed E-state index contributed by atoms with van der Waals surface area (Å²) >= 11 is 0. The van der Waals surface area contributed by atoms with Gasteiger partial charge in [0.2, 0.25) is 5.91 Å². The van der Waals surface area contributed by atoms with Gasteiger partial charge in [-0.05, 0) is 60.2 Å². The molecule has 1 aromatic heterocycles. The fourth-order valence-electron chi connectivity index (χ4n) is 4.85. The van der Waals surface area contributed by atoms with Crippen molar-refractivity contribution in [2.24, 2.45) is 0 Å². The second-order valence-corrected chi connectivity index (χ2v) is 9.27. The number of aromatic nitrogens is 2. The van der Waals surface area contributed by atoms with Crippen molar-refractivity contribution < 1.29 is 19.0 Å². The summed E-state index contributed by atoms with van der Waals surface area (Å²) in [5, 5.41) is 13.8. The average molecular weight is 488 g/mol. The van der Waals surface area contributed by atoms with Crippen molar-refractivity contribution in [3.05, 3.63) is 101 Å². The molecule has 6 nitrogen and oxygen atoms in total. The summed E-state index contributed by atoms with van der Waals surface area (Å²) in [6.07, 6.45) is 2.38. The Morgan fingerprint density at radius 2 is 1.89 bits per heavy atom. The van der Waals surface area contributed by atoms with Crippen LogP contribution in [-0.4, -0.2) is 33.3 Å². The van der Waals surface area contributed by atoms with Gasteiger partial charge in [0, 0.05) is 6.54 Å². The zero-order chi connectivity index (χ0) is 24.9. The van der Waals surface area contributed by atoms with Crippen LogP contribution in [0.2, 0.25) is 0 Å². The van der Waals surface area contributed by atoms with Crippen LogP contribution < -0.4 is 5.32 Å². The number of carbonyl (C=O) groups excluding carboxylic acids is 1. The zero-order valence-electron chi connectivity index (χ0n) is 20.1. The van der Waals surface area contributed by atoms with Crippen LogP contribution in [0.4, 0.5) is 4.39 Å². The number of rotatable bonds is 9. The van der Waals surface area contributed by atoms with E-state index < -0.39 is 6.10 Å². The summed E-state index contributed by atoms with van der Waals surface area (Å²) in [5.41, 5.74) is 4.98. The highest BCUT2D eigenvalue weighted by atomic mass is 19.1. The number of carbonyl (C=O) groups is 1. The maximum atomic E-state index is 13.1. The molecule has 7 heteroatoms. The lowest BCUT2D eigenvalue weighted by Crippen LogP contribution is -2.28. The minimum Gasteiger partial charge on any atom is -0.389 e. The van der Waals surface area contributed by atoms with Gasteiger partial charge in [0.15, 0.2) is 0 Å². The normalized spacial score (nSPS) is 16.0. The molecule has 3 aromatic carbocycles. The van der Waals surface area contributed by atoms with Crippen molar-refractivity contribution in [2.45, 2.75) is 51.0 Å². The highest BCUT2D eigenvalue weighted by Crippen LogP contribution is 2.32. The Hall–Kier alpha value is -3.55. The zero-order valence-corrected chi connectivity index (χ0v) is 20.1. The highest BCUT2D eigenvalue weighted by molar-refractivity contribution is 5.81. The Morgan fingerprint density at radius 1 is 1.11 bits per heavy atom. The average Bonchev–Trinajstić information content (AvgIpc) is 3.23. The van der Waals surface area contributed by atoms with Crippen LogP contribution >= 0.6 is 0 Å². The Labute approximate surface area is 209 Å². The number of hydrogen-bond acceptors (Lipinski definition) is 4.